The van der Waals surface area contributed by atoms with Crippen LogP contribution in [0.4, 0.5) is 10.1 Å². The fraction of sp³-hybridized carbons (Fsp3) is 0.625. The highest BCUT2D eigenvalue weighted by atomic mass is 19.1. The number of nitrogens with zero attached hydrogens (tertiary/aromatic N) is 1. The van der Waals surface area contributed by atoms with Gasteiger partial charge in [-0.25, -0.2) is 4.39 Å². The van der Waals surface area contributed by atoms with E-state index in [2.05, 4.69) is 11.8 Å². The SMILES string of the molecule is CCN(c1ccc(F)cc1[C@@H](C)O)C1CCCCC1. The molecule has 0 heterocycles. The first-order valence-electron chi connectivity index (χ1n) is 7.37. The molecule has 1 N–H and O–H groups in total. The summed E-state index contributed by atoms with van der Waals surface area (Å²) in [5.74, 6) is -0.278. The van der Waals surface area contributed by atoms with Gasteiger partial charge in [-0.2, -0.15) is 0 Å². The van der Waals surface area contributed by atoms with Crippen molar-refractivity contribution in [3.05, 3.63) is 29.6 Å². The van der Waals surface area contributed by atoms with Gasteiger partial charge in [0.15, 0.2) is 0 Å². The number of anilines is 1. The zero-order valence-corrected chi connectivity index (χ0v) is 11.9. The van der Waals surface area contributed by atoms with Gasteiger partial charge in [0, 0.05) is 23.8 Å². The molecule has 1 fully saturated rings. The summed E-state index contributed by atoms with van der Waals surface area (Å²) in [6, 6.07) is 5.30. The zero-order chi connectivity index (χ0) is 13.8. The van der Waals surface area contributed by atoms with E-state index in [-0.39, 0.29) is 5.82 Å². The Balaban J connectivity index is 2.31. The monoisotopic (exact) mass is 265 g/mol. The van der Waals surface area contributed by atoms with Crippen LogP contribution < -0.4 is 4.90 Å². The summed E-state index contributed by atoms with van der Waals surface area (Å²) in [6.45, 7) is 4.73. The molecule has 1 atom stereocenters. The van der Waals surface area contributed by atoms with Crippen LogP contribution in [0.5, 0.6) is 0 Å². The lowest BCUT2D eigenvalue weighted by Gasteiger charge is -2.37. The highest BCUT2D eigenvalue weighted by Crippen LogP contribution is 2.32. The summed E-state index contributed by atoms with van der Waals surface area (Å²) in [6.07, 6.45) is 5.62. The molecule has 19 heavy (non-hydrogen) atoms. The van der Waals surface area contributed by atoms with Crippen LogP contribution in [0.3, 0.4) is 0 Å². The van der Waals surface area contributed by atoms with Gasteiger partial charge in [0.05, 0.1) is 6.10 Å². The quantitative estimate of drug-likeness (QED) is 0.888. The van der Waals surface area contributed by atoms with Gasteiger partial charge >= 0.3 is 0 Å². The maximum Gasteiger partial charge on any atom is 0.123 e. The van der Waals surface area contributed by atoms with Crippen LogP contribution in [0.15, 0.2) is 18.2 Å². The van der Waals surface area contributed by atoms with E-state index in [0.29, 0.717) is 11.6 Å². The van der Waals surface area contributed by atoms with E-state index in [0.717, 1.165) is 12.2 Å². The molecular formula is C16H24FNO. The predicted molar refractivity (Wildman–Crippen MR) is 76.9 cm³/mol. The van der Waals surface area contributed by atoms with E-state index in [1.54, 1.807) is 6.92 Å². The van der Waals surface area contributed by atoms with Crippen molar-refractivity contribution in [2.45, 2.75) is 58.1 Å². The first kappa shape index (κ1) is 14.3. The van der Waals surface area contributed by atoms with Gasteiger partial charge in [-0.05, 0) is 44.9 Å². The van der Waals surface area contributed by atoms with Crippen molar-refractivity contribution >= 4 is 5.69 Å². The molecule has 0 radical (unpaired) electrons. The standard InChI is InChI=1S/C16H24FNO/c1-3-18(14-7-5-4-6-8-14)16-10-9-13(17)11-15(16)12(2)19/h9-12,14,19H,3-8H2,1-2H3/t12-/m1/s1. The number of halogens is 1. The zero-order valence-electron chi connectivity index (χ0n) is 11.9. The summed E-state index contributed by atoms with van der Waals surface area (Å²) >= 11 is 0. The third kappa shape index (κ3) is 3.27. The average molecular weight is 265 g/mol. The molecule has 1 aromatic rings. The Labute approximate surface area is 115 Å². The minimum Gasteiger partial charge on any atom is -0.389 e. The molecule has 3 heteroatoms. The lowest BCUT2D eigenvalue weighted by Crippen LogP contribution is -2.37. The second-order valence-corrected chi connectivity index (χ2v) is 5.46. The molecule has 106 valence electrons. The molecule has 0 saturated heterocycles. The average Bonchev–Trinajstić information content (AvgIpc) is 2.42. The Morgan fingerprint density at radius 1 is 1.32 bits per heavy atom. The molecule has 2 rings (SSSR count). The molecule has 1 aliphatic carbocycles. The Kier molecular flexibility index (Phi) is 4.81. The van der Waals surface area contributed by atoms with Crippen molar-refractivity contribution in [1.29, 1.82) is 0 Å². The highest BCUT2D eigenvalue weighted by molar-refractivity contribution is 5.55. The Bertz CT molecular complexity index is 413. The van der Waals surface area contributed by atoms with Crippen molar-refractivity contribution in [2.24, 2.45) is 0 Å². The van der Waals surface area contributed by atoms with Crippen LogP contribution in [0, 0.1) is 5.82 Å². The van der Waals surface area contributed by atoms with Gasteiger partial charge in [0.25, 0.3) is 0 Å². The summed E-state index contributed by atoms with van der Waals surface area (Å²) in [4.78, 5) is 2.33. The van der Waals surface area contributed by atoms with Crippen LogP contribution in [-0.2, 0) is 0 Å². The summed E-state index contributed by atoms with van der Waals surface area (Å²) < 4.78 is 13.4. The topological polar surface area (TPSA) is 23.5 Å². The number of benzene rings is 1. The van der Waals surface area contributed by atoms with Crippen LogP contribution in [-0.4, -0.2) is 17.7 Å². The fourth-order valence-corrected chi connectivity index (χ4v) is 3.14. The fourth-order valence-electron chi connectivity index (χ4n) is 3.14. The van der Waals surface area contributed by atoms with E-state index < -0.39 is 6.10 Å². The molecule has 0 aliphatic heterocycles. The number of aliphatic hydroxyl groups is 1. The lowest BCUT2D eigenvalue weighted by molar-refractivity contribution is 0.199. The summed E-state index contributed by atoms with van der Waals surface area (Å²) in [7, 11) is 0. The first-order chi connectivity index (χ1) is 9.13. The third-order valence-electron chi connectivity index (χ3n) is 4.11. The molecule has 0 aromatic heterocycles. The smallest absolute Gasteiger partial charge is 0.123 e. The minimum absolute atomic E-state index is 0.278. The van der Waals surface area contributed by atoms with Gasteiger partial charge in [-0.3, -0.25) is 0 Å². The molecule has 1 aromatic carbocycles. The molecule has 0 amide bonds. The number of rotatable bonds is 4. The second kappa shape index (κ2) is 6.38. The van der Waals surface area contributed by atoms with E-state index in [9.17, 15) is 9.50 Å². The third-order valence-corrected chi connectivity index (χ3v) is 4.11. The lowest BCUT2D eigenvalue weighted by atomic mass is 9.93. The number of aliphatic hydroxyl groups excluding tert-OH is 1. The van der Waals surface area contributed by atoms with Crippen molar-refractivity contribution in [1.82, 2.24) is 0 Å². The Hall–Kier alpha value is -1.09. The van der Waals surface area contributed by atoms with Crippen molar-refractivity contribution in [2.75, 3.05) is 11.4 Å². The maximum atomic E-state index is 13.4. The molecule has 1 aliphatic rings. The van der Waals surface area contributed by atoms with Crippen LogP contribution >= 0.6 is 0 Å². The number of hydrogen-bond donors (Lipinski definition) is 1. The highest BCUT2D eigenvalue weighted by Gasteiger charge is 2.23. The first-order valence-corrected chi connectivity index (χ1v) is 7.37. The number of hydrogen-bond acceptors (Lipinski definition) is 2. The molecular weight excluding hydrogens is 241 g/mol. The van der Waals surface area contributed by atoms with E-state index in [1.165, 1.54) is 44.2 Å². The van der Waals surface area contributed by atoms with Crippen molar-refractivity contribution in [3.63, 3.8) is 0 Å². The van der Waals surface area contributed by atoms with Crippen LogP contribution in [0.2, 0.25) is 0 Å². The van der Waals surface area contributed by atoms with E-state index >= 15 is 0 Å². The van der Waals surface area contributed by atoms with Gasteiger partial charge in [-0.15, -0.1) is 0 Å². The minimum atomic E-state index is -0.636. The maximum absolute atomic E-state index is 13.4. The van der Waals surface area contributed by atoms with Gasteiger partial charge in [0.2, 0.25) is 0 Å². The summed E-state index contributed by atoms with van der Waals surface area (Å²) in [5.41, 5.74) is 1.69. The summed E-state index contributed by atoms with van der Waals surface area (Å²) in [5, 5.41) is 9.88. The molecule has 0 unspecified atom stereocenters. The molecule has 2 nitrogen and oxygen atoms in total. The molecule has 0 bridgehead atoms. The largest absolute Gasteiger partial charge is 0.389 e. The second-order valence-electron chi connectivity index (χ2n) is 5.46. The van der Waals surface area contributed by atoms with Gasteiger partial charge in [-0.1, -0.05) is 19.3 Å². The molecule has 1 saturated carbocycles. The van der Waals surface area contributed by atoms with Crippen LogP contribution in [0.1, 0.15) is 57.6 Å². The normalized spacial score (nSPS) is 18.3. The van der Waals surface area contributed by atoms with E-state index in [4.69, 9.17) is 0 Å². The molecule has 0 spiro atoms. The van der Waals surface area contributed by atoms with Crippen LogP contribution in [0.25, 0.3) is 0 Å². The Morgan fingerprint density at radius 2 is 2.00 bits per heavy atom. The van der Waals surface area contributed by atoms with Crippen molar-refractivity contribution in [3.8, 4) is 0 Å². The van der Waals surface area contributed by atoms with Gasteiger partial charge < -0.3 is 10.0 Å². The Morgan fingerprint density at radius 3 is 2.58 bits per heavy atom. The van der Waals surface area contributed by atoms with Gasteiger partial charge in [0.1, 0.15) is 5.82 Å². The van der Waals surface area contributed by atoms with E-state index in [1.807, 2.05) is 6.07 Å². The predicted octanol–water partition coefficient (Wildman–Crippen LogP) is 4.04. The van der Waals surface area contributed by atoms with Crippen molar-refractivity contribution < 1.29 is 9.50 Å².